The van der Waals surface area contributed by atoms with Crippen molar-refractivity contribution in [3.05, 3.63) is 12.2 Å². The van der Waals surface area contributed by atoms with Gasteiger partial charge in [0.05, 0.1) is 11.7 Å². The fourth-order valence-electron chi connectivity index (χ4n) is 2.45. The van der Waals surface area contributed by atoms with E-state index in [-0.39, 0.29) is 5.60 Å². The summed E-state index contributed by atoms with van der Waals surface area (Å²) in [5, 5.41) is 0. The molecule has 3 unspecified atom stereocenters. The summed E-state index contributed by atoms with van der Waals surface area (Å²) in [6.45, 7) is 8.38. The second-order valence-electron chi connectivity index (χ2n) is 4.12. The Hall–Kier alpha value is -0.300. The molecule has 62 valence electrons. The number of ether oxygens (including phenoxy) is 1. The molecule has 1 heteroatoms. The van der Waals surface area contributed by atoms with Crippen molar-refractivity contribution in [3.63, 3.8) is 0 Å². The van der Waals surface area contributed by atoms with Gasteiger partial charge in [0.2, 0.25) is 0 Å². The van der Waals surface area contributed by atoms with Gasteiger partial charge in [-0.15, -0.1) is 0 Å². The molecule has 0 aromatic carbocycles. The average Bonchev–Trinajstić information content (AvgIpc) is 2.58. The van der Waals surface area contributed by atoms with Crippen molar-refractivity contribution in [2.24, 2.45) is 5.92 Å². The molecule has 1 aliphatic heterocycles. The molecule has 0 radical (unpaired) electrons. The number of fused-ring (bicyclic) bond motifs is 1. The molecule has 0 aromatic rings. The second-order valence-corrected chi connectivity index (χ2v) is 4.12. The van der Waals surface area contributed by atoms with Gasteiger partial charge in [0, 0.05) is 5.92 Å². The molecule has 0 bridgehead atoms. The van der Waals surface area contributed by atoms with Crippen molar-refractivity contribution < 1.29 is 4.74 Å². The van der Waals surface area contributed by atoms with Crippen LogP contribution in [0.5, 0.6) is 0 Å². The van der Waals surface area contributed by atoms with Gasteiger partial charge in [0.1, 0.15) is 0 Å². The Morgan fingerprint density at radius 1 is 1.55 bits per heavy atom. The Balaban J connectivity index is 2.14. The van der Waals surface area contributed by atoms with E-state index < -0.39 is 0 Å². The van der Waals surface area contributed by atoms with Crippen LogP contribution in [0, 0.1) is 5.92 Å². The number of hydrogen-bond acceptors (Lipinski definition) is 1. The van der Waals surface area contributed by atoms with Crippen molar-refractivity contribution in [1.29, 1.82) is 0 Å². The minimum Gasteiger partial charge on any atom is -0.366 e. The molecule has 0 spiro atoms. The first-order chi connectivity index (χ1) is 5.14. The topological polar surface area (TPSA) is 12.5 Å². The lowest BCUT2D eigenvalue weighted by Gasteiger charge is -2.25. The van der Waals surface area contributed by atoms with Crippen molar-refractivity contribution in [2.75, 3.05) is 0 Å². The zero-order chi connectivity index (χ0) is 8.06. The van der Waals surface area contributed by atoms with E-state index in [2.05, 4.69) is 20.4 Å². The molecule has 0 aromatic heterocycles. The van der Waals surface area contributed by atoms with E-state index in [4.69, 9.17) is 4.74 Å². The van der Waals surface area contributed by atoms with Gasteiger partial charge < -0.3 is 4.74 Å². The highest BCUT2D eigenvalue weighted by molar-refractivity contribution is 5.16. The van der Waals surface area contributed by atoms with Crippen LogP contribution < -0.4 is 0 Å². The van der Waals surface area contributed by atoms with Crippen LogP contribution in [0.3, 0.4) is 0 Å². The third-order valence-electron chi connectivity index (χ3n) is 3.22. The summed E-state index contributed by atoms with van der Waals surface area (Å²) in [6, 6.07) is 0. The van der Waals surface area contributed by atoms with E-state index in [0.29, 0.717) is 12.0 Å². The normalized spacial score (nSPS) is 48.2. The molecule has 2 rings (SSSR count). The smallest absolute Gasteiger partial charge is 0.0984 e. The molecule has 1 aliphatic carbocycles. The van der Waals surface area contributed by atoms with Crippen LogP contribution in [0.4, 0.5) is 0 Å². The van der Waals surface area contributed by atoms with Crippen LogP contribution in [-0.4, -0.2) is 11.7 Å². The molecule has 11 heavy (non-hydrogen) atoms. The quantitative estimate of drug-likeness (QED) is 0.415. The summed E-state index contributed by atoms with van der Waals surface area (Å²) in [7, 11) is 0. The standard InChI is InChI=1S/C10H16O/c1-7(2)8-5-4-6-9-10(8,3)11-9/h8-9H,1,4-6H2,2-3H3. The number of hydrogen-bond donors (Lipinski definition) is 0. The van der Waals surface area contributed by atoms with Crippen LogP contribution in [0.2, 0.25) is 0 Å². The van der Waals surface area contributed by atoms with Gasteiger partial charge in [-0.3, -0.25) is 0 Å². The van der Waals surface area contributed by atoms with Gasteiger partial charge in [0.25, 0.3) is 0 Å². The first-order valence-electron chi connectivity index (χ1n) is 4.48. The van der Waals surface area contributed by atoms with Crippen molar-refractivity contribution >= 4 is 0 Å². The molecule has 2 aliphatic rings. The number of rotatable bonds is 1. The van der Waals surface area contributed by atoms with Gasteiger partial charge >= 0.3 is 0 Å². The average molecular weight is 152 g/mol. The zero-order valence-corrected chi connectivity index (χ0v) is 7.39. The summed E-state index contributed by atoms with van der Waals surface area (Å²) >= 11 is 0. The minimum absolute atomic E-state index is 0.185. The van der Waals surface area contributed by atoms with E-state index in [1.54, 1.807) is 0 Å². The highest BCUT2D eigenvalue weighted by Gasteiger charge is 2.58. The third-order valence-corrected chi connectivity index (χ3v) is 3.22. The third kappa shape index (κ3) is 0.943. The van der Waals surface area contributed by atoms with Crippen LogP contribution in [0.15, 0.2) is 12.2 Å². The van der Waals surface area contributed by atoms with E-state index in [1.807, 2.05) is 0 Å². The molecule has 3 atom stereocenters. The molecule has 1 nitrogen and oxygen atoms in total. The molecular weight excluding hydrogens is 136 g/mol. The fraction of sp³-hybridized carbons (Fsp3) is 0.800. The first-order valence-corrected chi connectivity index (χ1v) is 4.48. The first kappa shape index (κ1) is 7.35. The number of epoxide rings is 1. The van der Waals surface area contributed by atoms with E-state index in [0.717, 1.165) is 0 Å². The summed E-state index contributed by atoms with van der Waals surface area (Å²) in [5.41, 5.74) is 1.49. The summed E-state index contributed by atoms with van der Waals surface area (Å²) in [6.07, 6.45) is 4.42. The van der Waals surface area contributed by atoms with E-state index >= 15 is 0 Å². The molecule has 1 saturated heterocycles. The Morgan fingerprint density at radius 3 is 2.82 bits per heavy atom. The summed E-state index contributed by atoms with van der Waals surface area (Å²) < 4.78 is 5.68. The lowest BCUT2D eigenvalue weighted by Crippen LogP contribution is -2.27. The van der Waals surface area contributed by atoms with Crippen molar-refractivity contribution in [2.45, 2.75) is 44.8 Å². The molecule has 1 saturated carbocycles. The molecule has 1 heterocycles. The summed E-state index contributed by atoms with van der Waals surface area (Å²) in [5.74, 6) is 0.626. The van der Waals surface area contributed by atoms with Gasteiger partial charge in [-0.2, -0.15) is 0 Å². The molecule has 0 N–H and O–H groups in total. The Bertz CT molecular complexity index is 197. The highest BCUT2D eigenvalue weighted by atomic mass is 16.6. The van der Waals surface area contributed by atoms with Crippen molar-refractivity contribution in [3.8, 4) is 0 Å². The second kappa shape index (κ2) is 2.10. The SMILES string of the molecule is C=C(C)C1CCCC2OC21C. The van der Waals surface area contributed by atoms with Gasteiger partial charge in [-0.25, -0.2) is 0 Å². The Labute approximate surface area is 68.4 Å². The predicted molar refractivity (Wildman–Crippen MR) is 45.4 cm³/mol. The minimum atomic E-state index is 0.185. The lowest BCUT2D eigenvalue weighted by molar-refractivity contribution is 0.254. The van der Waals surface area contributed by atoms with Gasteiger partial charge in [-0.05, 0) is 26.7 Å². The van der Waals surface area contributed by atoms with Crippen LogP contribution in [0.1, 0.15) is 33.1 Å². The monoisotopic (exact) mass is 152 g/mol. The van der Waals surface area contributed by atoms with E-state index in [1.165, 1.54) is 24.8 Å². The van der Waals surface area contributed by atoms with Crippen LogP contribution >= 0.6 is 0 Å². The molecule has 2 fully saturated rings. The predicted octanol–water partition coefficient (Wildman–Crippen LogP) is 2.52. The Morgan fingerprint density at radius 2 is 2.27 bits per heavy atom. The Kier molecular flexibility index (Phi) is 1.40. The van der Waals surface area contributed by atoms with Crippen LogP contribution in [-0.2, 0) is 4.74 Å². The zero-order valence-electron chi connectivity index (χ0n) is 7.39. The maximum atomic E-state index is 5.68. The molecular formula is C10H16O. The maximum Gasteiger partial charge on any atom is 0.0984 e. The highest BCUT2D eigenvalue weighted by Crippen LogP contribution is 2.52. The summed E-state index contributed by atoms with van der Waals surface area (Å²) in [4.78, 5) is 0. The fourth-order valence-corrected chi connectivity index (χ4v) is 2.45. The maximum absolute atomic E-state index is 5.68. The molecule has 0 amide bonds. The van der Waals surface area contributed by atoms with Crippen molar-refractivity contribution in [1.82, 2.24) is 0 Å². The van der Waals surface area contributed by atoms with Gasteiger partial charge in [0.15, 0.2) is 0 Å². The van der Waals surface area contributed by atoms with E-state index in [9.17, 15) is 0 Å². The van der Waals surface area contributed by atoms with Gasteiger partial charge in [-0.1, -0.05) is 18.6 Å². The van der Waals surface area contributed by atoms with Crippen LogP contribution in [0.25, 0.3) is 0 Å². The lowest BCUT2D eigenvalue weighted by atomic mass is 9.77. The largest absolute Gasteiger partial charge is 0.366 e.